The molecule has 0 bridgehead atoms. The van der Waals surface area contributed by atoms with Gasteiger partial charge in [0.1, 0.15) is 5.82 Å². The van der Waals surface area contributed by atoms with Crippen molar-refractivity contribution >= 4 is 33.2 Å². The molecule has 0 radical (unpaired) electrons. The molecule has 4 nitrogen and oxygen atoms in total. The first kappa shape index (κ1) is 14.1. The van der Waals surface area contributed by atoms with Gasteiger partial charge in [-0.25, -0.2) is 4.39 Å². The highest BCUT2D eigenvalue weighted by Gasteiger charge is 2.26. The molecular formula is C13H17BrFN3O. The molecule has 0 aliphatic heterocycles. The lowest BCUT2D eigenvalue weighted by Gasteiger charge is -2.31. The molecule has 1 aliphatic carbocycles. The fourth-order valence-corrected chi connectivity index (χ4v) is 2.96. The van der Waals surface area contributed by atoms with Crippen molar-refractivity contribution in [1.29, 1.82) is 0 Å². The van der Waals surface area contributed by atoms with Crippen LogP contribution in [0.25, 0.3) is 0 Å². The standard InChI is InChI=1S/C13H17BrFN3O/c14-9-5-11(16)12(6-10(9)15)18(7-13(17)19)8-3-1-2-4-8/h5-6,8H,1-4,7,16H2,(H2,17,19). The Morgan fingerprint density at radius 3 is 2.63 bits per heavy atom. The quantitative estimate of drug-likeness (QED) is 0.833. The van der Waals surface area contributed by atoms with Crippen molar-refractivity contribution in [3.05, 3.63) is 22.4 Å². The van der Waals surface area contributed by atoms with Crippen molar-refractivity contribution in [1.82, 2.24) is 0 Å². The summed E-state index contributed by atoms with van der Waals surface area (Å²) in [6.45, 7) is 0.0654. The van der Waals surface area contributed by atoms with Crippen LogP contribution in [0.5, 0.6) is 0 Å². The Morgan fingerprint density at radius 1 is 1.42 bits per heavy atom. The fraction of sp³-hybridized carbons (Fsp3) is 0.462. The molecule has 6 heteroatoms. The molecule has 0 saturated heterocycles. The number of hydrogen-bond acceptors (Lipinski definition) is 3. The van der Waals surface area contributed by atoms with Gasteiger partial charge in [0.05, 0.1) is 22.4 Å². The van der Waals surface area contributed by atoms with Gasteiger partial charge in [-0.2, -0.15) is 0 Å². The van der Waals surface area contributed by atoms with E-state index in [4.69, 9.17) is 11.5 Å². The van der Waals surface area contributed by atoms with Gasteiger partial charge in [0, 0.05) is 12.1 Å². The van der Waals surface area contributed by atoms with E-state index in [1.54, 1.807) is 0 Å². The van der Waals surface area contributed by atoms with Crippen LogP contribution >= 0.6 is 15.9 Å². The van der Waals surface area contributed by atoms with E-state index in [0.29, 0.717) is 15.8 Å². The van der Waals surface area contributed by atoms with Gasteiger partial charge in [0.2, 0.25) is 5.91 Å². The van der Waals surface area contributed by atoms with Gasteiger partial charge in [-0.05, 0) is 34.8 Å². The normalized spacial score (nSPS) is 15.7. The second-order valence-electron chi connectivity index (χ2n) is 4.86. The largest absolute Gasteiger partial charge is 0.397 e. The fourth-order valence-electron chi connectivity index (χ4n) is 2.60. The maximum atomic E-state index is 13.7. The van der Waals surface area contributed by atoms with Crippen LogP contribution in [0.1, 0.15) is 25.7 Å². The highest BCUT2D eigenvalue weighted by atomic mass is 79.9. The zero-order valence-electron chi connectivity index (χ0n) is 10.5. The van der Waals surface area contributed by atoms with Crippen molar-refractivity contribution in [3.8, 4) is 0 Å². The van der Waals surface area contributed by atoms with Crippen LogP contribution in [0.15, 0.2) is 16.6 Å². The molecule has 1 aliphatic rings. The van der Waals surface area contributed by atoms with Gasteiger partial charge in [-0.3, -0.25) is 4.79 Å². The highest BCUT2D eigenvalue weighted by molar-refractivity contribution is 9.10. The molecule has 2 rings (SSSR count). The first-order chi connectivity index (χ1) is 8.99. The van der Waals surface area contributed by atoms with Gasteiger partial charge >= 0.3 is 0 Å². The summed E-state index contributed by atoms with van der Waals surface area (Å²) in [5.74, 6) is -0.828. The Labute approximate surface area is 120 Å². The summed E-state index contributed by atoms with van der Waals surface area (Å²) in [5, 5.41) is 0. The molecule has 1 fully saturated rings. The number of carbonyl (C=O) groups excluding carboxylic acids is 1. The SMILES string of the molecule is NC(=O)CN(c1cc(F)c(Br)cc1N)C1CCCC1. The number of primary amides is 1. The lowest BCUT2D eigenvalue weighted by atomic mass is 10.1. The van der Waals surface area contributed by atoms with Gasteiger partial charge in [-0.1, -0.05) is 12.8 Å². The first-order valence-corrected chi connectivity index (χ1v) is 7.08. The number of rotatable bonds is 4. The van der Waals surface area contributed by atoms with Crippen molar-refractivity contribution in [2.75, 3.05) is 17.2 Å². The monoisotopic (exact) mass is 329 g/mol. The van der Waals surface area contributed by atoms with Crippen LogP contribution in [-0.4, -0.2) is 18.5 Å². The number of benzene rings is 1. The molecule has 19 heavy (non-hydrogen) atoms. The third kappa shape index (κ3) is 3.18. The van der Waals surface area contributed by atoms with E-state index < -0.39 is 11.7 Å². The molecule has 4 N–H and O–H groups in total. The summed E-state index contributed by atoms with van der Waals surface area (Å²) < 4.78 is 14.0. The Morgan fingerprint density at radius 2 is 2.05 bits per heavy atom. The first-order valence-electron chi connectivity index (χ1n) is 6.28. The van der Waals surface area contributed by atoms with E-state index in [9.17, 15) is 9.18 Å². The van der Waals surface area contributed by atoms with Gasteiger partial charge in [-0.15, -0.1) is 0 Å². The molecule has 1 amide bonds. The van der Waals surface area contributed by atoms with E-state index in [1.807, 2.05) is 4.90 Å². The lowest BCUT2D eigenvalue weighted by Crippen LogP contribution is -2.40. The minimum Gasteiger partial charge on any atom is -0.397 e. The maximum Gasteiger partial charge on any atom is 0.236 e. The summed E-state index contributed by atoms with van der Waals surface area (Å²) in [6, 6.07) is 3.09. The number of halogens is 2. The summed E-state index contributed by atoms with van der Waals surface area (Å²) in [5.41, 5.74) is 12.2. The van der Waals surface area contributed by atoms with Gasteiger partial charge in [0.15, 0.2) is 0 Å². The second kappa shape index (κ2) is 5.77. The molecule has 0 atom stereocenters. The van der Waals surface area contributed by atoms with E-state index in [-0.39, 0.29) is 12.6 Å². The summed E-state index contributed by atoms with van der Waals surface area (Å²) in [4.78, 5) is 13.1. The third-order valence-electron chi connectivity index (χ3n) is 3.47. The van der Waals surface area contributed by atoms with Gasteiger partial charge < -0.3 is 16.4 Å². The van der Waals surface area contributed by atoms with Crippen molar-refractivity contribution in [2.45, 2.75) is 31.7 Å². The van der Waals surface area contributed by atoms with Crippen LogP contribution in [0.4, 0.5) is 15.8 Å². The Bertz CT molecular complexity index is 489. The van der Waals surface area contributed by atoms with E-state index >= 15 is 0 Å². The topological polar surface area (TPSA) is 72.4 Å². The molecule has 1 aromatic rings. The maximum absolute atomic E-state index is 13.7. The lowest BCUT2D eigenvalue weighted by molar-refractivity contribution is -0.116. The van der Waals surface area contributed by atoms with Gasteiger partial charge in [0.25, 0.3) is 0 Å². The average molecular weight is 330 g/mol. The van der Waals surface area contributed by atoms with Crippen LogP contribution in [-0.2, 0) is 4.79 Å². The number of carbonyl (C=O) groups is 1. The van der Waals surface area contributed by atoms with Crippen molar-refractivity contribution in [2.24, 2.45) is 5.73 Å². The molecule has 0 aromatic heterocycles. The second-order valence-corrected chi connectivity index (χ2v) is 5.71. The molecule has 1 aromatic carbocycles. The number of nitrogens with zero attached hydrogens (tertiary/aromatic N) is 1. The number of nitrogens with two attached hydrogens (primary N) is 2. The Balaban J connectivity index is 2.36. The minimum absolute atomic E-state index is 0.0654. The van der Waals surface area contributed by atoms with E-state index in [1.165, 1.54) is 12.1 Å². The smallest absolute Gasteiger partial charge is 0.236 e. The number of amides is 1. The minimum atomic E-state index is -0.436. The highest BCUT2D eigenvalue weighted by Crippen LogP contribution is 2.34. The van der Waals surface area contributed by atoms with E-state index in [2.05, 4.69) is 15.9 Å². The van der Waals surface area contributed by atoms with Crippen molar-refractivity contribution in [3.63, 3.8) is 0 Å². The van der Waals surface area contributed by atoms with E-state index in [0.717, 1.165) is 25.7 Å². The molecule has 104 valence electrons. The number of hydrogen-bond donors (Lipinski definition) is 2. The third-order valence-corrected chi connectivity index (χ3v) is 4.08. The van der Waals surface area contributed by atoms with Crippen molar-refractivity contribution < 1.29 is 9.18 Å². The predicted molar refractivity (Wildman–Crippen MR) is 77.3 cm³/mol. The van der Waals surface area contributed by atoms with Crippen LogP contribution in [0.2, 0.25) is 0 Å². The predicted octanol–water partition coefficient (Wildman–Crippen LogP) is 2.40. The number of anilines is 2. The molecule has 0 spiro atoms. The Kier molecular flexibility index (Phi) is 4.29. The zero-order valence-corrected chi connectivity index (χ0v) is 12.1. The van der Waals surface area contributed by atoms with Crippen LogP contribution < -0.4 is 16.4 Å². The summed E-state index contributed by atoms with van der Waals surface area (Å²) in [6.07, 6.45) is 4.17. The Hall–Kier alpha value is -1.30. The number of nitrogen functional groups attached to an aromatic ring is 1. The van der Waals surface area contributed by atoms with Crippen LogP contribution in [0.3, 0.4) is 0 Å². The zero-order chi connectivity index (χ0) is 14.0. The summed E-state index contributed by atoms with van der Waals surface area (Å²) >= 11 is 3.10. The average Bonchev–Trinajstić information content (AvgIpc) is 2.84. The summed E-state index contributed by atoms with van der Waals surface area (Å²) in [7, 11) is 0. The molecule has 0 unspecified atom stereocenters. The molecule has 1 saturated carbocycles. The molecule has 0 heterocycles. The molecular weight excluding hydrogens is 313 g/mol. The van der Waals surface area contributed by atoms with Crippen LogP contribution in [0, 0.1) is 5.82 Å².